The number of para-hydroxylation sites is 1. The Labute approximate surface area is 148 Å². The zero-order valence-corrected chi connectivity index (χ0v) is 14.0. The van der Waals surface area contributed by atoms with E-state index in [1.807, 2.05) is 0 Å². The minimum absolute atomic E-state index is 0.193. The summed E-state index contributed by atoms with van der Waals surface area (Å²) in [6.45, 7) is 0.909. The second-order valence-corrected chi connectivity index (χ2v) is 6.46. The number of benzene rings is 2. The number of nitrogens with one attached hydrogen (secondary N) is 3. The highest BCUT2D eigenvalue weighted by Gasteiger charge is 2.42. The fourth-order valence-electron chi connectivity index (χ4n) is 3.54. The average molecular weight is 355 g/mol. The summed E-state index contributed by atoms with van der Waals surface area (Å²) < 4.78 is 18.8. The average Bonchev–Trinajstić information content (AvgIpc) is 3.04. The van der Waals surface area contributed by atoms with Crippen LogP contribution in [0, 0.1) is 5.82 Å². The maximum absolute atomic E-state index is 13.3. The zero-order chi connectivity index (χ0) is 18.1. The first-order valence-corrected chi connectivity index (χ1v) is 8.45. The highest BCUT2D eigenvalue weighted by molar-refractivity contribution is 6.04. The van der Waals surface area contributed by atoms with Crippen LogP contribution in [-0.4, -0.2) is 29.1 Å². The number of amides is 1. The van der Waals surface area contributed by atoms with Gasteiger partial charge in [-0.15, -0.1) is 0 Å². The van der Waals surface area contributed by atoms with Crippen LogP contribution in [0.1, 0.15) is 18.4 Å². The molecule has 0 radical (unpaired) electrons. The van der Waals surface area contributed by atoms with Crippen LogP contribution in [0.5, 0.6) is 0 Å². The third kappa shape index (κ3) is 2.80. The van der Waals surface area contributed by atoms with Crippen molar-refractivity contribution in [3.05, 3.63) is 64.3 Å². The topological polar surface area (TPSA) is 87.0 Å². The SMILES string of the molecule is O=C(Nc1cccc2[nH]c(=O)[nH]c12)C1(c2ccc(F)cc2)CCOCC1. The molecule has 0 unspecified atom stereocenters. The van der Waals surface area contributed by atoms with E-state index in [9.17, 15) is 14.0 Å². The Morgan fingerprint density at radius 1 is 1.08 bits per heavy atom. The van der Waals surface area contributed by atoms with Crippen LogP contribution in [-0.2, 0) is 14.9 Å². The fourth-order valence-corrected chi connectivity index (χ4v) is 3.54. The molecule has 4 rings (SSSR count). The molecule has 1 fully saturated rings. The van der Waals surface area contributed by atoms with Crippen LogP contribution in [0.4, 0.5) is 10.1 Å². The molecule has 1 aromatic heterocycles. The quantitative estimate of drug-likeness (QED) is 0.675. The normalized spacial score (nSPS) is 16.5. The van der Waals surface area contributed by atoms with Crippen LogP contribution < -0.4 is 11.0 Å². The molecule has 1 saturated heterocycles. The number of rotatable bonds is 3. The van der Waals surface area contributed by atoms with Gasteiger partial charge in [0.05, 0.1) is 22.1 Å². The van der Waals surface area contributed by atoms with Crippen molar-refractivity contribution in [3.63, 3.8) is 0 Å². The largest absolute Gasteiger partial charge is 0.381 e. The lowest BCUT2D eigenvalue weighted by molar-refractivity contribution is -0.125. The molecule has 0 atom stereocenters. The molecular formula is C19H18FN3O3. The molecule has 1 aliphatic heterocycles. The molecule has 0 aliphatic carbocycles. The molecule has 7 heteroatoms. The molecule has 1 amide bonds. The molecule has 26 heavy (non-hydrogen) atoms. The van der Waals surface area contributed by atoms with E-state index in [2.05, 4.69) is 15.3 Å². The number of carbonyl (C=O) groups excluding carboxylic acids is 1. The molecule has 2 heterocycles. The van der Waals surface area contributed by atoms with Crippen LogP contribution in [0.25, 0.3) is 11.0 Å². The highest BCUT2D eigenvalue weighted by Crippen LogP contribution is 2.36. The van der Waals surface area contributed by atoms with Crippen molar-refractivity contribution >= 4 is 22.6 Å². The van der Waals surface area contributed by atoms with Gasteiger partial charge in [-0.1, -0.05) is 18.2 Å². The van der Waals surface area contributed by atoms with Gasteiger partial charge in [0.2, 0.25) is 5.91 Å². The summed E-state index contributed by atoms with van der Waals surface area (Å²) in [7, 11) is 0. The van der Waals surface area contributed by atoms with Gasteiger partial charge in [0.1, 0.15) is 5.82 Å². The molecule has 6 nitrogen and oxygen atoms in total. The van der Waals surface area contributed by atoms with Gasteiger partial charge < -0.3 is 20.0 Å². The molecule has 134 valence electrons. The summed E-state index contributed by atoms with van der Waals surface area (Å²) in [5, 5.41) is 2.94. The summed E-state index contributed by atoms with van der Waals surface area (Å²) in [6, 6.07) is 11.3. The van der Waals surface area contributed by atoms with E-state index in [-0.39, 0.29) is 17.4 Å². The van der Waals surface area contributed by atoms with Gasteiger partial charge in [-0.3, -0.25) is 4.79 Å². The lowest BCUT2D eigenvalue weighted by atomic mass is 9.73. The van der Waals surface area contributed by atoms with Crippen molar-refractivity contribution in [2.45, 2.75) is 18.3 Å². The van der Waals surface area contributed by atoms with Gasteiger partial charge in [0.15, 0.2) is 0 Å². The smallest absolute Gasteiger partial charge is 0.323 e. The summed E-state index contributed by atoms with van der Waals surface area (Å²) >= 11 is 0. The molecule has 0 bridgehead atoms. The molecule has 2 aromatic carbocycles. The Balaban J connectivity index is 1.72. The van der Waals surface area contributed by atoms with Crippen molar-refractivity contribution in [3.8, 4) is 0 Å². The van der Waals surface area contributed by atoms with Crippen LogP contribution in [0.2, 0.25) is 0 Å². The maximum atomic E-state index is 13.3. The predicted molar refractivity (Wildman–Crippen MR) is 95.7 cm³/mol. The number of imidazole rings is 1. The van der Waals surface area contributed by atoms with Gasteiger partial charge in [-0.2, -0.15) is 0 Å². The number of aromatic amines is 2. The Morgan fingerprint density at radius 3 is 2.54 bits per heavy atom. The number of aromatic nitrogens is 2. The van der Waals surface area contributed by atoms with Crippen molar-refractivity contribution in [2.75, 3.05) is 18.5 Å². The van der Waals surface area contributed by atoms with Crippen LogP contribution in [0.3, 0.4) is 0 Å². The van der Waals surface area contributed by atoms with Crippen LogP contribution in [0.15, 0.2) is 47.3 Å². The minimum atomic E-state index is -0.801. The number of hydrogen-bond acceptors (Lipinski definition) is 3. The molecule has 3 N–H and O–H groups in total. The Kier molecular flexibility index (Phi) is 4.08. The second kappa shape index (κ2) is 6.42. The van der Waals surface area contributed by atoms with Gasteiger partial charge in [-0.05, 0) is 42.7 Å². The molecule has 0 spiro atoms. The highest BCUT2D eigenvalue weighted by atomic mass is 19.1. The number of halogens is 1. The first kappa shape index (κ1) is 16.5. The van der Waals surface area contributed by atoms with Gasteiger partial charge in [-0.25, -0.2) is 9.18 Å². The first-order valence-electron chi connectivity index (χ1n) is 8.45. The fraction of sp³-hybridized carbons (Fsp3) is 0.263. The van der Waals surface area contributed by atoms with E-state index in [1.165, 1.54) is 12.1 Å². The summed E-state index contributed by atoms with van der Waals surface area (Å²) in [5.74, 6) is -0.534. The number of carbonyl (C=O) groups is 1. The Bertz CT molecular complexity index is 1000. The second-order valence-electron chi connectivity index (χ2n) is 6.46. The first-order chi connectivity index (χ1) is 12.6. The number of fused-ring (bicyclic) bond motifs is 1. The van der Waals surface area contributed by atoms with E-state index >= 15 is 0 Å². The van der Waals surface area contributed by atoms with E-state index in [1.54, 1.807) is 30.3 Å². The standard InChI is InChI=1S/C19H18FN3O3/c20-13-6-4-12(5-7-13)19(8-10-26-11-9-19)17(24)21-14-2-1-3-15-16(14)23-18(25)22-15/h1-7H,8-11H2,(H,21,24)(H2,22,23,25). The maximum Gasteiger partial charge on any atom is 0.323 e. The van der Waals surface area contributed by atoms with Gasteiger partial charge in [0, 0.05) is 13.2 Å². The molecule has 3 aromatic rings. The number of anilines is 1. The van der Waals surface area contributed by atoms with Crippen LogP contribution >= 0.6 is 0 Å². The van der Waals surface area contributed by atoms with Crippen molar-refractivity contribution in [1.82, 2.24) is 9.97 Å². The minimum Gasteiger partial charge on any atom is -0.381 e. The molecule has 0 saturated carbocycles. The zero-order valence-electron chi connectivity index (χ0n) is 14.0. The predicted octanol–water partition coefficient (Wildman–Crippen LogP) is 2.68. The van der Waals surface area contributed by atoms with E-state index in [4.69, 9.17) is 4.74 Å². The number of hydrogen-bond donors (Lipinski definition) is 3. The lowest BCUT2D eigenvalue weighted by Gasteiger charge is -2.36. The number of H-pyrrole nitrogens is 2. The molecular weight excluding hydrogens is 337 g/mol. The third-order valence-corrected chi connectivity index (χ3v) is 4.98. The third-order valence-electron chi connectivity index (χ3n) is 4.98. The van der Waals surface area contributed by atoms with E-state index in [0.717, 1.165) is 5.56 Å². The Morgan fingerprint density at radius 2 is 1.81 bits per heavy atom. The lowest BCUT2D eigenvalue weighted by Crippen LogP contribution is -2.44. The summed E-state index contributed by atoms with van der Waals surface area (Å²) in [5.41, 5.74) is 1.32. The summed E-state index contributed by atoms with van der Waals surface area (Å²) in [4.78, 5) is 30.2. The van der Waals surface area contributed by atoms with Gasteiger partial charge >= 0.3 is 5.69 Å². The van der Waals surface area contributed by atoms with E-state index < -0.39 is 5.41 Å². The number of ether oxygens (including phenoxy) is 1. The van der Waals surface area contributed by atoms with Crippen molar-refractivity contribution < 1.29 is 13.9 Å². The van der Waals surface area contributed by atoms with Crippen molar-refractivity contribution in [1.29, 1.82) is 0 Å². The Hall–Kier alpha value is -2.93. The van der Waals surface area contributed by atoms with Crippen molar-refractivity contribution in [2.24, 2.45) is 0 Å². The van der Waals surface area contributed by atoms with Gasteiger partial charge in [0.25, 0.3) is 0 Å². The summed E-state index contributed by atoms with van der Waals surface area (Å²) in [6.07, 6.45) is 1.01. The monoisotopic (exact) mass is 355 g/mol. The molecule has 1 aliphatic rings. The van der Waals surface area contributed by atoms with E-state index in [0.29, 0.717) is 42.8 Å².